The molecule has 0 saturated carbocycles. The predicted molar refractivity (Wildman–Crippen MR) is 131 cm³/mol. The Balaban J connectivity index is 0.00000363. The molecule has 2 aromatic carbocycles. The van der Waals surface area contributed by atoms with E-state index >= 15 is 0 Å². The van der Waals surface area contributed by atoms with Crippen molar-refractivity contribution in [2.45, 2.75) is 32.0 Å². The summed E-state index contributed by atoms with van der Waals surface area (Å²) in [5, 5.41) is 15.5. The molecule has 0 radical (unpaired) electrons. The number of hydrogen-bond acceptors (Lipinski definition) is 4. The summed E-state index contributed by atoms with van der Waals surface area (Å²) in [6, 6.07) is 11.6. The molecular weight excluding hydrogens is 527 g/mol. The van der Waals surface area contributed by atoms with Crippen molar-refractivity contribution in [3.8, 4) is 11.8 Å². The summed E-state index contributed by atoms with van der Waals surface area (Å²) < 4.78 is 32.8. The summed E-state index contributed by atoms with van der Waals surface area (Å²) in [6.07, 6.45) is 1.83. The molecule has 1 heterocycles. The van der Waals surface area contributed by atoms with Gasteiger partial charge in [-0.25, -0.2) is 8.78 Å². The molecule has 1 aliphatic rings. The van der Waals surface area contributed by atoms with Gasteiger partial charge in [0.15, 0.2) is 17.5 Å². The highest BCUT2D eigenvalue weighted by molar-refractivity contribution is 14.0. The third-order valence-electron chi connectivity index (χ3n) is 5.40. The number of piperidine rings is 1. The Bertz CT molecular complexity index is 971. The number of nitriles is 1. The van der Waals surface area contributed by atoms with Gasteiger partial charge in [0.1, 0.15) is 5.82 Å². The molecule has 0 aliphatic carbocycles. The van der Waals surface area contributed by atoms with Crippen molar-refractivity contribution in [2.24, 2.45) is 4.99 Å². The molecule has 172 valence electrons. The van der Waals surface area contributed by atoms with Gasteiger partial charge in [-0.1, -0.05) is 6.07 Å². The number of hydrogen-bond donors (Lipinski definition) is 2. The van der Waals surface area contributed by atoms with E-state index in [9.17, 15) is 8.78 Å². The zero-order chi connectivity index (χ0) is 22.2. The van der Waals surface area contributed by atoms with E-state index in [1.807, 2.05) is 12.1 Å². The number of ether oxygens (including phenoxy) is 1. The first-order chi connectivity index (χ1) is 15.0. The minimum absolute atomic E-state index is 0. The van der Waals surface area contributed by atoms with Crippen LogP contribution >= 0.6 is 24.0 Å². The normalized spacial score (nSPS) is 14.9. The fraction of sp³-hybridized carbons (Fsp3) is 0.391. The van der Waals surface area contributed by atoms with Gasteiger partial charge >= 0.3 is 0 Å². The summed E-state index contributed by atoms with van der Waals surface area (Å²) in [6.45, 7) is 2.68. The van der Waals surface area contributed by atoms with Crippen molar-refractivity contribution < 1.29 is 13.5 Å². The van der Waals surface area contributed by atoms with Crippen molar-refractivity contribution in [3.63, 3.8) is 0 Å². The summed E-state index contributed by atoms with van der Waals surface area (Å²) >= 11 is 0. The highest BCUT2D eigenvalue weighted by Crippen LogP contribution is 2.20. The van der Waals surface area contributed by atoms with Crippen LogP contribution < -0.4 is 15.4 Å². The van der Waals surface area contributed by atoms with E-state index in [1.165, 1.54) is 31.4 Å². The van der Waals surface area contributed by atoms with E-state index in [4.69, 9.17) is 10.00 Å². The summed E-state index contributed by atoms with van der Waals surface area (Å²) in [5.41, 5.74) is 1.76. The van der Waals surface area contributed by atoms with Gasteiger partial charge in [0.25, 0.3) is 0 Å². The van der Waals surface area contributed by atoms with Crippen LogP contribution in [0.25, 0.3) is 0 Å². The molecule has 0 amide bonds. The lowest BCUT2D eigenvalue weighted by Crippen LogP contribution is -2.48. The van der Waals surface area contributed by atoms with Crippen molar-refractivity contribution in [1.82, 2.24) is 15.5 Å². The minimum Gasteiger partial charge on any atom is -0.494 e. The Kier molecular flexibility index (Phi) is 10.1. The van der Waals surface area contributed by atoms with Crippen LogP contribution in [0.1, 0.15) is 29.5 Å². The van der Waals surface area contributed by atoms with Crippen molar-refractivity contribution in [3.05, 3.63) is 64.7 Å². The zero-order valence-corrected chi connectivity index (χ0v) is 20.5. The molecule has 0 aromatic heterocycles. The number of methoxy groups -OCH3 is 1. The van der Waals surface area contributed by atoms with Crippen LogP contribution in [0.3, 0.4) is 0 Å². The third-order valence-corrected chi connectivity index (χ3v) is 5.40. The second-order valence-electron chi connectivity index (χ2n) is 7.51. The number of nitrogens with zero attached hydrogens (tertiary/aromatic N) is 3. The van der Waals surface area contributed by atoms with Gasteiger partial charge in [-0.3, -0.25) is 9.89 Å². The lowest BCUT2D eigenvalue weighted by molar-refractivity contribution is 0.198. The Morgan fingerprint density at radius 3 is 2.56 bits per heavy atom. The van der Waals surface area contributed by atoms with Gasteiger partial charge in [-0.2, -0.15) is 5.26 Å². The van der Waals surface area contributed by atoms with Gasteiger partial charge in [0.05, 0.1) is 18.7 Å². The van der Waals surface area contributed by atoms with E-state index in [2.05, 4.69) is 20.5 Å². The predicted octanol–water partition coefficient (Wildman–Crippen LogP) is 3.79. The minimum atomic E-state index is -0.356. The molecule has 1 saturated heterocycles. The smallest absolute Gasteiger partial charge is 0.191 e. The highest BCUT2D eigenvalue weighted by Gasteiger charge is 2.20. The van der Waals surface area contributed by atoms with Crippen LogP contribution in [0, 0.1) is 23.0 Å². The first-order valence-electron chi connectivity index (χ1n) is 10.2. The Morgan fingerprint density at radius 2 is 1.94 bits per heavy atom. The van der Waals surface area contributed by atoms with Gasteiger partial charge < -0.3 is 15.4 Å². The van der Waals surface area contributed by atoms with Crippen LogP contribution in [-0.2, 0) is 13.1 Å². The molecule has 0 bridgehead atoms. The average molecular weight is 555 g/mol. The van der Waals surface area contributed by atoms with E-state index in [0.717, 1.165) is 31.5 Å². The fourth-order valence-corrected chi connectivity index (χ4v) is 3.65. The van der Waals surface area contributed by atoms with Gasteiger partial charge in [-0.15, -0.1) is 24.0 Å². The quantitative estimate of drug-likeness (QED) is 0.323. The molecule has 0 atom stereocenters. The lowest BCUT2D eigenvalue weighted by Gasteiger charge is -2.33. The van der Waals surface area contributed by atoms with Crippen LogP contribution in [0.4, 0.5) is 8.78 Å². The number of likely N-dealkylation sites (tertiary alicyclic amines) is 1. The lowest BCUT2D eigenvalue weighted by atomic mass is 10.0. The number of benzene rings is 2. The maximum absolute atomic E-state index is 14.0. The highest BCUT2D eigenvalue weighted by atomic mass is 127. The number of nitrogens with one attached hydrogen (secondary N) is 2. The van der Waals surface area contributed by atoms with E-state index < -0.39 is 0 Å². The summed E-state index contributed by atoms with van der Waals surface area (Å²) in [4.78, 5) is 6.51. The van der Waals surface area contributed by atoms with Gasteiger partial charge in [0.2, 0.25) is 0 Å². The first kappa shape index (κ1) is 25.8. The maximum Gasteiger partial charge on any atom is 0.191 e. The SMILES string of the molecule is CN=C(NCc1cc(C#N)ccc1F)NC1CCN(Cc2ccc(OC)c(F)c2)CC1.I. The molecular formula is C23H28F2IN5O. The second kappa shape index (κ2) is 12.6. The van der Waals surface area contributed by atoms with Gasteiger partial charge in [-0.05, 0) is 48.7 Å². The Morgan fingerprint density at radius 1 is 1.19 bits per heavy atom. The van der Waals surface area contributed by atoms with Gasteiger partial charge in [0, 0.05) is 44.8 Å². The van der Waals surface area contributed by atoms with Crippen LogP contribution in [0.2, 0.25) is 0 Å². The number of aliphatic imine (C=N–C) groups is 1. The topological polar surface area (TPSA) is 72.7 Å². The van der Waals surface area contributed by atoms with Crippen LogP contribution in [0.15, 0.2) is 41.4 Å². The van der Waals surface area contributed by atoms with Crippen molar-refractivity contribution in [2.75, 3.05) is 27.2 Å². The molecule has 0 spiro atoms. The number of halogens is 3. The monoisotopic (exact) mass is 555 g/mol. The fourth-order valence-electron chi connectivity index (χ4n) is 3.65. The first-order valence-corrected chi connectivity index (χ1v) is 10.2. The van der Waals surface area contributed by atoms with Crippen LogP contribution in [0.5, 0.6) is 5.75 Å². The van der Waals surface area contributed by atoms with Crippen LogP contribution in [-0.4, -0.2) is 44.1 Å². The maximum atomic E-state index is 14.0. The van der Waals surface area contributed by atoms with Crippen molar-refractivity contribution in [1.29, 1.82) is 5.26 Å². The number of guanidine groups is 1. The molecule has 6 nitrogen and oxygen atoms in total. The molecule has 2 aromatic rings. The van der Waals surface area contributed by atoms with E-state index in [0.29, 0.717) is 23.6 Å². The second-order valence-corrected chi connectivity index (χ2v) is 7.51. The summed E-state index contributed by atoms with van der Waals surface area (Å²) in [7, 11) is 3.13. The molecule has 2 N–H and O–H groups in total. The van der Waals surface area contributed by atoms with E-state index in [1.54, 1.807) is 13.1 Å². The summed E-state index contributed by atoms with van der Waals surface area (Å²) in [5.74, 6) is 0.149. The Labute approximate surface area is 204 Å². The van der Waals surface area contributed by atoms with E-state index in [-0.39, 0.29) is 53.9 Å². The molecule has 1 aliphatic heterocycles. The average Bonchev–Trinajstić information content (AvgIpc) is 2.79. The number of rotatable bonds is 6. The largest absolute Gasteiger partial charge is 0.494 e. The van der Waals surface area contributed by atoms with Crippen molar-refractivity contribution >= 4 is 29.9 Å². The molecule has 9 heteroatoms. The molecule has 3 rings (SSSR count). The molecule has 0 unspecified atom stereocenters. The third kappa shape index (κ3) is 7.03. The zero-order valence-electron chi connectivity index (χ0n) is 18.2. The molecule has 1 fully saturated rings. The molecule has 32 heavy (non-hydrogen) atoms. The standard InChI is InChI=1S/C23H27F2N5O.HI/c1-27-23(28-14-18-11-16(13-26)3-5-20(18)24)29-19-7-9-30(10-8-19)15-17-4-6-22(31-2)21(25)12-17;/h3-6,11-12,19H,7-10,14-15H2,1-2H3,(H2,27,28,29);1H. The Hall–Kier alpha value is -2.45.